The maximum absolute atomic E-state index is 13.1. The van der Waals surface area contributed by atoms with E-state index in [-0.39, 0.29) is 23.7 Å². The van der Waals surface area contributed by atoms with Gasteiger partial charge in [-0.3, -0.25) is 9.59 Å². The third kappa shape index (κ3) is 5.13. The third-order valence-corrected chi connectivity index (χ3v) is 4.29. The van der Waals surface area contributed by atoms with Crippen LogP contribution in [-0.2, 0) is 11.3 Å². The van der Waals surface area contributed by atoms with E-state index in [0.29, 0.717) is 18.7 Å². The van der Waals surface area contributed by atoms with Crippen molar-refractivity contribution in [2.45, 2.75) is 33.2 Å². The summed E-state index contributed by atoms with van der Waals surface area (Å²) in [7, 11) is 0. The molecule has 0 atom stereocenters. The Morgan fingerprint density at radius 3 is 2.39 bits per heavy atom. The first kappa shape index (κ1) is 19.5. The number of carbonyl (C=O) groups excluding carboxylic acids is 1. The average Bonchev–Trinajstić information content (AvgIpc) is 2.63. The molecule has 0 aliphatic carbocycles. The number of nitrogens with zero attached hydrogens (tertiary/aromatic N) is 2. The molecule has 1 heterocycles. The van der Waals surface area contributed by atoms with E-state index in [2.05, 4.69) is 10.4 Å². The molecule has 5 nitrogen and oxygen atoms in total. The lowest BCUT2D eigenvalue weighted by atomic mass is 10.1. The van der Waals surface area contributed by atoms with Crippen LogP contribution in [0.2, 0.25) is 0 Å². The number of hydrogen-bond acceptors (Lipinski definition) is 3. The van der Waals surface area contributed by atoms with Crippen molar-refractivity contribution in [2.24, 2.45) is 0 Å². The fourth-order valence-electron chi connectivity index (χ4n) is 3.04. The molecule has 0 aliphatic rings. The van der Waals surface area contributed by atoms with Crippen LogP contribution < -0.4 is 10.9 Å². The lowest BCUT2D eigenvalue weighted by Crippen LogP contribution is -2.23. The van der Waals surface area contributed by atoms with Crippen molar-refractivity contribution in [1.29, 1.82) is 0 Å². The monoisotopic (exact) mass is 379 g/mol. The van der Waals surface area contributed by atoms with Crippen LogP contribution >= 0.6 is 0 Å². The number of benzene rings is 2. The van der Waals surface area contributed by atoms with Crippen LogP contribution in [0, 0.1) is 19.7 Å². The van der Waals surface area contributed by atoms with Gasteiger partial charge in [-0.25, -0.2) is 9.07 Å². The molecule has 3 aromatic rings. The molecule has 28 heavy (non-hydrogen) atoms. The number of aromatic nitrogens is 2. The van der Waals surface area contributed by atoms with Crippen molar-refractivity contribution >= 4 is 11.6 Å². The van der Waals surface area contributed by atoms with Gasteiger partial charge in [0.15, 0.2) is 0 Å². The molecule has 3 rings (SSSR count). The van der Waals surface area contributed by atoms with Gasteiger partial charge in [0.1, 0.15) is 5.82 Å². The maximum Gasteiger partial charge on any atom is 0.266 e. The van der Waals surface area contributed by atoms with Crippen LogP contribution in [-0.4, -0.2) is 15.7 Å². The number of amides is 1. The first-order chi connectivity index (χ1) is 13.4. The Hall–Kier alpha value is -3.28. The van der Waals surface area contributed by atoms with Crippen LogP contribution in [0.5, 0.6) is 0 Å². The second-order valence-corrected chi connectivity index (χ2v) is 6.81. The Labute approximate surface area is 162 Å². The number of rotatable bonds is 6. The fraction of sp³-hybridized carbons (Fsp3) is 0.227. The summed E-state index contributed by atoms with van der Waals surface area (Å²) in [5, 5.41) is 7.21. The molecule has 0 bridgehead atoms. The summed E-state index contributed by atoms with van der Waals surface area (Å²) in [5.41, 5.74) is 4.02. The van der Waals surface area contributed by atoms with Crippen molar-refractivity contribution in [1.82, 2.24) is 9.78 Å². The molecule has 144 valence electrons. The molecule has 0 saturated carbocycles. The quantitative estimate of drug-likeness (QED) is 0.702. The zero-order chi connectivity index (χ0) is 20.1. The molecule has 6 heteroatoms. The second-order valence-electron chi connectivity index (χ2n) is 6.81. The molecule has 1 aromatic heterocycles. The predicted molar refractivity (Wildman–Crippen MR) is 108 cm³/mol. The van der Waals surface area contributed by atoms with E-state index >= 15 is 0 Å². The van der Waals surface area contributed by atoms with E-state index in [0.717, 1.165) is 22.4 Å². The summed E-state index contributed by atoms with van der Waals surface area (Å²) in [6.45, 7) is 4.29. The van der Waals surface area contributed by atoms with E-state index < -0.39 is 0 Å². The largest absolute Gasteiger partial charge is 0.326 e. The number of aryl methyl sites for hydroxylation is 3. The zero-order valence-corrected chi connectivity index (χ0v) is 15.9. The van der Waals surface area contributed by atoms with E-state index in [4.69, 9.17) is 0 Å². The highest BCUT2D eigenvalue weighted by molar-refractivity contribution is 5.90. The van der Waals surface area contributed by atoms with Crippen LogP contribution in [0.1, 0.15) is 24.0 Å². The normalized spacial score (nSPS) is 10.7. The Balaban J connectivity index is 1.61. The van der Waals surface area contributed by atoms with E-state index in [1.54, 1.807) is 18.2 Å². The molecule has 0 aliphatic heterocycles. The highest BCUT2D eigenvalue weighted by Gasteiger charge is 2.07. The minimum Gasteiger partial charge on any atom is -0.326 e. The number of nitrogens with one attached hydrogen (secondary N) is 1. The standard InChI is InChI=1S/C22H22FN3O2/c1-15-12-16(2)14-19(13-15)24-21(27)4-3-11-26-22(28)10-9-20(25-26)17-5-7-18(23)8-6-17/h5-10,12-14H,3-4,11H2,1-2H3,(H,24,27). The summed E-state index contributed by atoms with van der Waals surface area (Å²) in [5.74, 6) is -0.431. The van der Waals surface area contributed by atoms with Crippen LogP contribution in [0.25, 0.3) is 11.3 Å². The Morgan fingerprint density at radius 2 is 1.71 bits per heavy atom. The highest BCUT2D eigenvalue weighted by atomic mass is 19.1. The Morgan fingerprint density at radius 1 is 1.04 bits per heavy atom. The lowest BCUT2D eigenvalue weighted by molar-refractivity contribution is -0.116. The Bertz CT molecular complexity index is 1020. The third-order valence-electron chi connectivity index (χ3n) is 4.29. The van der Waals surface area contributed by atoms with Crippen molar-refractivity contribution in [3.05, 3.63) is 81.9 Å². The number of hydrogen-bond donors (Lipinski definition) is 1. The first-order valence-electron chi connectivity index (χ1n) is 9.13. The molecule has 1 amide bonds. The van der Waals surface area contributed by atoms with Gasteiger partial charge in [-0.2, -0.15) is 5.10 Å². The molecule has 0 unspecified atom stereocenters. The smallest absolute Gasteiger partial charge is 0.266 e. The van der Waals surface area contributed by atoms with Gasteiger partial charge in [-0.05, 0) is 73.9 Å². The van der Waals surface area contributed by atoms with Crippen molar-refractivity contribution in [3.63, 3.8) is 0 Å². The van der Waals surface area contributed by atoms with Gasteiger partial charge in [-0.15, -0.1) is 0 Å². The zero-order valence-electron chi connectivity index (χ0n) is 15.9. The number of anilines is 1. The molecule has 2 aromatic carbocycles. The molecule has 1 N–H and O–H groups in total. The minimum absolute atomic E-state index is 0.104. The van der Waals surface area contributed by atoms with E-state index in [1.807, 2.05) is 32.0 Å². The summed E-state index contributed by atoms with van der Waals surface area (Å²) in [6.07, 6.45) is 0.762. The van der Waals surface area contributed by atoms with Crippen molar-refractivity contribution in [2.75, 3.05) is 5.32 Å². The number of carbonyl (C=O) groups is 1. The summed E-state index contributed by atoms with van der Waals surface area (Å²) in [6, 6.07) is 14.9. The van der Waals surface area contributed by atoms with Gasteiger partial charge < -0.3 is 5.32 Å². The predicted octanol–water partition coefficient (Wildman–Crippen LogP) is 4.09. The summed E-state index contributed by atoms with van der Waals surface area (Å²) >= 11 is 0. The SMILES string of the molecule is Cc1cc(C)cc(NC(=O)CCCn2nc(-c3ccc(F)cc3)ccc2=O)c1. The molecular formula is C22H22FN3O2. The number of halogens is 1. The first-order valence-corrected chi connectivity index (χ1v) is 9.13. The van der Waals surface area contributed by atoms with Crippen molar-refractivity contribution in [3.8, 4) is 11.3 Å². The fourth-order valence-corrected chi connectivity index (χ4v) is 3.04. The molecular weight excluding hydrogens is 357 g/mol. The van der Waals surface area contributed by atoms with Crippen molar-refractivity contribution < 1.29 is 9.18 Å². The summed E-state index contributed by atoms with van der Waals surface area (Å²) < 4.78 is 14.4. The average molecular weight is 379 g/mol. The maximum atomic E-state index is 13.1. The highest BCUT2D eigenvalue weighted by Crippen LogP contribution is 2.16. The van der Waals surface area contributed by atoms with E-state index in [1.165, 1.54) is 22.9 Å². The van der Waals surface area contributed by atoms with Gasteiger partial charge in [0, 0.05) is 30.3 Å². The second kappa shape index (κ2) is 8.61. The van der Waals surface area contributed by atoms with Crippen LogP contribution in [0.15, 0.2) is 59.4 Å². The summed E-state index contributed by atoms with van der Waals surface area (Å²) in [4.78, 5) is 24.2. The Kier molecular flexibility index (Phi) is 5.99. The van der Waals surface area contributed by atoms with Gasteiger partial charge >= 0.3 is 0 Å². The van der Waals surface area contributed by atoms with Gasteiger partial charge in [0.2, 0.25) is 5.91 Å². The molecule has 0 spiro atoms. The van der Waals surface area contributed by atoms with Gasteiger partial charge in [0.05, 0.1) is 5.69 Å². The van der Waals surface area contributed by atoms with Crippen LogP contribution in [0.4, 0.5) is 10.1 Å². The van der Waals surface area contributed by atoms with E-state index in [9.17, 15) is 14.0 Å². The molecule has 0 fully saturated rings. The minimum atomic E-state index is -0.327. The molecule has 0 radical (unpaired) electrons. The van der Waals surface area contributed by atoms with Crippen LogP contribution in [0.3, 0.4) is 0 Å². The topological polar surface area (TPSA) is 64.0 Å². The lowest BCUT2D eigenvalue weighted by Gasteiger charge is -2.09. The molecule has 0 saturated heterocycles. The van der Waals surface area contributed by atoms with Gasteiger partial charge in [0.25, 0.3) is 5.56 Å². The van der Waals surface area contributed by atoms with Gasteiger partial charge in [-0.1, -0.05) is 6.07 Å².